The molecule has 1 aromatic carbocycles. The zero-order chi connectivity index (χ0) is 12.5. The molecule has 1 unspecified atom stereocenters. The van der Waals surface area contributed by atoms with Crippen LogP contribution in [0.2, 0.25) is 0 Å². The lowest BCUT2D eigenvalue weighted by molar-refractivity contribution is -0.138. The van der Waals surface area contributed by atoms with Crippen LogP contribution in [0.15, 0.2) is 10.5 Å². The molecule has 1 atom stereocenters. The number of rotatable bonds is 3. The van der Waals surface area contributed by atoms with Gasteiger partial charge in [-0.25, -0.2) is 4.39 Å². The monoisotopic (exact) mass is 291 g/mol. The molecule has 0 heterocycles. The Bertz CT molecular complexity index is 410. The molecule has 1 rings (SSSR count). The molecule has 0 aliphatic heterocycles. The Kier molecular flexibility index (Phi) is 3.88. The number of phenolic OH excluding ortho intramolecular Hbond substituents is 1. The van der Waals surface area contributed by atoms with E-state index >= 15 is 0 Å². The third-order valence-electron chi connectivity index (χ3n) is 2.38. The topological polar surface area (TPSA) is 83.5 Å². The maximum Gasteiger partial charge on any atom is 0.312 e. The summed E-state index contributed by atoms with van der Waals surface area (Å²) in [5, 5.41) is 18.6. The Balaban J connectivity index is 3.47. The number of hydrogen-bond donors (Lipinski definition) is 3. The number of hydrogen-bond acceptors (Lipinski definition) is 3. The molecule has 0 saturated carbocycles. The van der Waals surface area contributed by atoms with E-state index in [9.17, 15) is 14.3 Å². The molecule has 1 aromatic rings. The number of halogens is 2. The fourth-order valence-electron chi connectivity index (χ4n) is 1.49. The van der Waals surface area contributed by atoms with Crippen LogP contribution in [0.5, 0.6) is 5.75 Å². The molecule has 4 nitrogen and oxygen atoms in total. The van der Waals surface area contributed by atoms with E-state index in [0.29, 0.717) is 0 Å². The van der Waals surface area contributed by atoms with Gasteiger partial charge in [-0.2, -0.15) is 0 Å². The van der Waals surface area contributed by atoms with Crippen LogP contribution in [0.1, 0.15) is 17.0 Å². The first-order valence-corrected chi connectivity index (χ1v) is 5.29. The number of carbonyl (C=O) groups is 1. The van der Waals surface area contributed by atoms with E-state index in [2.05, 4.69) is 15.9 Å². The van der Waals surface area contributed by atoms with Crippen molar-refractivity contribution in [3.05, 3.63) is 27.5 Å². The lowest BCUT2D eigenvalue weighted by atomic mass is 9.93. The van der Waals surface area contributed by atoms with Crippen LogP contribution in [0.3, 0.4) is 0 Å². The minimum atomic E-state index is -1.20. The van der Waals surface area contributed by atoms with Gasteiger partial charge in [-0.3, -0.25) is 4.79 Å². The van der Waals surface area contributed by atoms with E-state index in [0.717, 1.165) is 6.07 Å². The lowest BCUT2D eigenvalue weighted by Crippen LogP contribution is -2.22. The summed E-state index contributed by atoms with van der Waals surface area (Å²) in [5.74, 6) is -3.18. The van der Waals surface area contributed by atoms with Crippen LogP contribution in [0, 0.1) is 12.7 Å². The largest absolute Gasteiger partial charge is 0.506 e. The van der Waals surface area contributed by atoms with Gasteiger partial charge in [-0.1, -0.05) is 0 Å². The van der Waals surface area contributed by atoms with Crippen LogP contribution in [0.4, 0.5) is 4.39 Å². The summed E-state index contributed by atoms with van der Waals surface area (Å²) in [4.78, 5) is 10.9. The minimum Gasteiger partial charge on any atom is -0.506 e. The van der Waals surface area contributed by atoms with Crippen LogP contribution in [-0.2, 0) is 4.79 Å². The zero-order valence-electron chi connectivity index (χ0n) is 8.50. The van der Waals surface area contributed by atoms with Crippen LogP contribution >= 0.6 is 15.9 Å². The van der Waals surface area contributed by atoms with Gasteiger partial charge >= 0.3 is 5.97 Å². The second-order valence-corrected chi connectivity index (χ2v) is 4.21. The zero-order valence-corrected chi connectivity index (χ0v) is 10.1. The van der Waals surface area contributed by atoms with E-state index in [4.69, 9.17) is 10.8 Å². The molecule has 0 fully saturated rings. The molecule has 0 spiro atoms. The van der Waals surface area contributed by atoms with Gasteiger partial charge in [0, 0.05) is 12.1 Å². The first-order valence-electron chi connectivity index (χ1n) is 4.50. The highest BCUT2D eigenvalue weighted by Gasteiger charge is 2.26. The van der Waals surface area contributed by atoms with Crippen molar-refractivity contribution in [2.45, 2.75) is 12.8 Å². The highest BCUT2D eigenvalue weighted by molar-refractivity contribution is 9.10. The van der Waals surface area contributed by atoms with Crippen LogP contribution in [0.25, 0.3) is 0 Å². The van der Waals surface area contributed by atoms with Gasteiger partial charge in [0.1, 0.15) is 11.6 Å². The molecule has 0 aliphatic rings. The van der Waals surface area contributed by atoms with Crippen LogP contribution in [-0.4, -0.2) is 22.7 Å². The van der Waals surface area contributed by atoms with Gasteiger partial charge in [0.15, 0.2) is 0 Å². The molecule has 0 radical (unpaired) electrons. The minimum absolute atomic E-state index is 0.0156. The average molecular weight is 292 g/mol. The van der Waals surface area contributed by atoms with Gasteiger partial charge in [0.25, 0.3) is 0 Å². The number of phenols is 1. The van der Waals surface area contributed by atoms with Crippen molar-refractivity contribution in [3.63, 3.8) is 0 Å². The van der Waals surface area contributed by atoms with E-state index in [1.807, 2.05) is 0 Å². The molecule has 0 aromatic heterocycles. The third-order valence-corrected chi connectivity index (χ3v) is 2.98. The molecule has 0 aliphatic carbocycles. The normalized spacial score (nSPS) is 12.5. The Morgan fingerprint density at radius 3 is 2.69 bits per heavy atom. The molecule has 0 bridgehead atoms. The molecular weight excluding hydrogens is 281 g/mol. The summed E-state index contributed by atoms with van der Waals surface area (Å²) >= 11 is 2.95. The van der Waals surface area contributed by atoms with E-state index in [1.165, 1.54) is 6.92 Å². The fraction of sp³-hybridized carbons (Fsp3) is 0.300. The fourth-order valence-corrected chi connectivity index (χ4v) is 1.91. The summed E-state index contributed by atoms with van der Waals surface area (Å²) in [5.41, 5.74) is 5.43. The highest BCUT2D eigenvalue weighted by atomic mass is 79.9. The number of nitrogens with two attached hydrogens (primary N) is 1. The number of benzene rings is 1. The Labute approximate surface area is 100 Å². The standard InChI is InChI=1S/C10H11BrFNO3/c1-4-7(12)2-6(11)9(14)8(4)5(3-13)10(15)16/h2,5,14H,3,13H2,1H3,(H,15,16). The number of carboxylic acid groups (broad SMARTS) is 1. The molecule has 16 heavy (non-hydrogen) atoms. The summed E-state index contributed by atoms with van der Waals surface area (Å²) in [6.07, 6.45) is 0. The van der Waals surface area contributed by atoms with Crippen molar-refractivity contribution in [1.29, 1.82) is 0 Å². The van der Waals surface area contributed by atoms with Crippen molar-refractivity contribution in [2.24, 2.45) is 5.73 Å². The van der Waals surface area contributed by atoms with Gasteiger partial charge in [0.2, 0.25) is 0 Å². The van der Waals surface area contributed by atoms with E-state index in [1.54, 1.807) is 0 Å². The second-order valence-electron chi connectivity index (χ2n) is 3.35. The third kappa shape index (κ3) is 2.17. The lowest BCUT2D eigenvalue weighted by Gasteiger charge is -2.16. The van der Waals surface area contributed by atoms with Gasteiger partial charge in [-0.15, -0.1) is 0 Å². The molecule has 4 N–H and O–H groups in total. The first-order chi connectivity index (χ1) is 7.40. The number of aromatic hydroxyl groups is 1. The number of aliphatic carboxylic acids is 1. The smallest absolute Gasteiger partial charge is 0.312 e. The maximum absolute atomic E-state index is 13.4. The summed E-state index contributed by atoms with van der Waals surface area (Å²) in [7, 11) is 0. The van der Waals surface area contributed by atoms with Crippen molar-refractivity contribution in [2.75, 3.05) is 6.54 Å². The quantitative estimate of drug-likeness (QED) is 0.792. The molecule has 6 heteroatoms. The SMILES string of the molecule is Cc1c(F)cc(Br)c(O)c1C(CN)C(=O)O. The van der Waals surface area contributed by atoms with Crippen molar-refractivity contribution < 1.29 is 19.4 Å². The first kappa shape index (κ1) is 12.9. The predicted octanol–water partition coefficient (Wildman–Crippen LogP) is 1.73. The number of carboxylic acids is 1. The van der Waals surface area contributed by atoms with Crippen molar-refractivity contribution in [1.82, 2.24) is 0 Å². The van der Waals surface area contributed by atoms with Gasteiger partial charge < -0.3 is 15.9 Å². The van der Waals surface area contributed by atoms with E-state index < -0.39 is 17.7 Å². The molecule has 0 saturated heterocycles. The highest BCUT2D eigenvalue weighted by Crippen LogP contribution is 2.36. The Morgan fingerprint density at radius 2 is 2.25 bits per heavy atom. The Hall–Kier alpha value is -1.14. The van der Waals surface area contributed by atoms with Gasteiger partial charge in [0.05, 0.1) is 10.4 Å². The second kappa shape index (κ2) is 4.80. The van der Waals surface area contributed by atoms with Crippen LogP contribution < -0.4 is 5.73 Å². The predicted molar refractivity (Wildman–Crippen MR) is 59.9 cm³/mol. The average Bonchev–Trinajstić information content (AvgIpc) is 2.21. The Morgan fingerprint density at radius 1 is 1.69 bits per heavy atom. The van der Waals surface area contributed by atoms with Crippen molar-refractivity contribution >= 4 is 21.9 Å². The molecule has 88 valence electrons. The summed E-state index contributed by atoms with van der Waals surface area (Å²) in [6.45, 7) is 1.20. The van der Waals surface area contributed by atoms with Gasteiger partial charge in [-0.05, 0) is 34.5 Å². The van der Waals surface area contributed by atoms with E-state index in [-0.39, 0.29) is 27.9 Å². The molecular formula is C10H11BrFNO3. The van der Waals surface area contributed by atoms with Crippen molar-refractivity contribution in [3.8, 4) is 5.75 Å². The summed E-state index contributed by atoms with van der Waals surface area (Å²) < 4.78 is 13.5. The molecule has 0 amide bonds. The summed E-state index contributed by atoms with van der Waals surface area (Å²) in [6, 6.07) is 1.09. The maximum atomic E-state index is 13.4.